The van der Waals surface area contributed by atoms with Crippen molar-refractivity contribution in [3.05, 3.63) is 70.8 Å². The third-order valence-electron chi connectivity index (χ3n) is 2.62. The molecule has 0 aliphatic rings. The quantitative estimate of drug-likeness (QED) is 0.506. The molecule has 0 aliphatic carbocycles. The predicted octanol–water partition coefficient (Wildman–Crippen LogP) is 4.90. The van der Waals surface area contributed by atoms with Crippen LogP contribution in [-0.2, 0) is 0 Å². The average molecular weight is 236 g/mol. The van der Waals surface area contributed by atoms with E-state index in [0.29, 0.717) is 0 Å². The van der Waals surface area contributed by atoms with E-state index in [-0.39, 0.29) is 0 Å². The second-order valence-corrected chi connectivity index (χ2v) is 4.40. The Hall–Kier alpha value is -2.00. The van der Waals surface area contributed by atoms with Crippen LogP contribution >= 0.6 is 0 Å². The Kier molecular flexibility index (Phi) is 5.74. The fourth-order valence-electron chi connectivity index (χ4n) is 1.31. The molecule has 0 heteroatoms. The molecule has 0 atom stereocenters. The summed E-state index contributed by atoms with van der Waals surface area (Å²) in [4.78, 5) is 0. The highest BCUT2D eigenvalue weighted by Crippen LogP contribution is 2.07. The van der Waals surface area contributed by atoms with E-state index in [4.69, 9.17) is 0 Å². The van der Waals surface area contributed by atoms with Gasteiger partial charge >= 0.3 is 0 Å². The van der Waals surface area contributed by atoms with Crippen molar-refractivity contribution in [2.45, 2.75) is 27.7 Å². The van der Waals surface area contributed by atoms with E-state index in [1.165, 1.54) is 11.1 Å². The summed E-state index contributed by atoms with van der Waals surface area (Å²) >= 11 is 0. The first-order valence-corrected chi connectivity index (χ1v) is 6.19. The normalized spacial score (nSPS) is 11.0. The van der Waals surface area contributed by atoms with Gasteiger partial charge in [0.25, 0.3) is 0 Å². The molecule has 0 N–H and O–H groups in total. The van der Waals surface area contributed by atoms with E-state index in [0.717, 1.165) is 11.1 Å². The van der Waals surface area contributed by atoms with Crippen molar-refractivity contribution in [2.24, 2.45) is 0 Å². The smallest absolute Gasteiger partial charge is 0.0249 e. The number of hydrogen-bond donors (Lipinski definition) is 0. The predicted molar refractivity (Wildman–Crippen MR) is 80.3 cm³/mol. The maximum atomic E-state index is 3.23. The molecule has 0 saturated carbocycles. The molecule has 0 spiro atoms. The van der Waals surface area contributed by atoms with Crippen LogP contribution in [0, 0.1) is 11.8 Å². The molecule has 0 heterocycles. The van der Waals surface area contributed by atoms with Crippen LogP contribution in [0.3, 0.4) is 0 Å². The van der Waals surface area contributed by atoms with Gasteiger partial charge in [-0.3, -0.25) is 0 Å². The first kappa shape index (κ1) is 14.1. The third kappa shape index (κ3) is 4.89. The minimum Gasteiger partial charge on any atom is -0.0847 e. The van der Waals surface area contributed by atoms with Crippen LogP contribution < -0.4 is 0 Å². The van der Waals surface area contributed by atoms with Gasteiger partial charge in [-0.1, -0.05) is 53.3 Å². The van der Waals surface area contributed by atoms with E-state index in [1.54, 1.807) is 0 Å². The summed E-state index contributed by atoms with van der Waals surface area (Å²) in [5.74, 6) is 6.42. The lowest BCUT2D eigenvalue weighted by molar-refractivity contribution is 1.35. The SMILES string of the molecule is C/C=C(C)\C=C/C(C#Cc1ccccc1)=C(C)C. The minimum atomic E-state index is 1.05. The summed E-state index contributed by atoms with van der Waals surface area (Å²) < 4.78 is 0. The van der Waals surface area contributed by atoms with Crippen molar-refractivity contribution in [1.29, 1.82) is 0 Å². The Morgan fingerprint density at radius 1 is 1.00 bits per heavy atom. The van der Waals surface area contributed by atoms with Gasteiger partial charge in [-0.15, -0.1) is 0 Å². The van der Waals surface area contributed by atoms with Crippen LogP contribution in [0.5, 0.6) is 0 Å². The summed E-state index contributed by atoms with van der Waals surface area (Å²) in [6.45, 7) is 8.30. The van der Waals surface area contributed by atoms with E-state index < -0.39 is 0 Å². The molecule has 1 aromatic carbocycles. The number of rotatable bonds is 2. The topological polar surface area (TPSA) is 0 Å². The zero-order valence-corrected chi connectivity index (χ0v) is 11.6. The summed E-state index contributed by atoms with van der Waals surface area (Å²) in [6.07, 6.45) is 6.27. The Morgan fingerprint density at radius 3 is 2.22 bits per heavy atom. The van der Waals surface area contributed by atoms with Gasteiger partial charge in [0.1, 0.15) is 0 Å². The van der Waals surface area contributed by atoms with Crippen molar-refractivity contribution >= 4 is 0 Å². The highest BCUT2D eigenvalue weighted by atomic mass is 13.9. The number of benzene rings is 1. The van der Waals surface area contributed by atoms with Crippen molar-refractivity contribution in [3.63, 3.8) is 0 Å². The van der Waals surface area contributed by atoms with Gasteiger partial charge in [0.15, 0.2) is 0 Å². The van der Waals surface area contributed by atoms with Gasteiger partial charge in [-0.25, -0.2) is 0 Å². The van der Waals surface area contributed by atoms with Crippen molar-refractivity contribution in [3.8, 4) is 11.8 Å². The highest BCUT2D eigenvalue weighted by Gasteiger charge is 1.90. The summed E-state index contributed by atoms with van der Waals surface area (Å²) in [5.41, 5.74) is 4.61. The minimum absolute atomic E-state index is 1.05. The second-order valence-electron chi connectivity index (χ2n) is 4.40. The molecule has 0 fully saturated rings. The molecular formula is C18H20. The molecule has 0 nitrogen and oxygen atoms in total. The van der Waals surface area contributed by atoms with Crippen LogP contribution in [0.15, 0.2) is 65.3 Å². The molecular weight excluding hydrogens is 216 g/mol. The van der Waals surface area contributed by atoms with E-state index in [1.807, 2.05) is 37.3 Å². The summed E-state index contributed by atoms with van der Waals surface area (Å²) in [5, 5.41) is 0. The fraction of sp³-hybridized carbons (Fsp3) is 0.222. The van der Waals surface area contributed by atoms with Crippen LogP contribution in [0.1, 0.15) is 33.3 Å². The molecule has 92 valence electrons. The van der Waals surface area contributed by atoms with Crippen molar-refractivity contribution < 1.29 is 0 Å². The lowest BCUT2D eigenvalue weighted by atomic mass is 10.1. The van der Waals surface area contributed by atoms with Crippen LogP contribution in [0.4, 0.5) is 0 Å². The lowest BCUT2D eigenvalue weighted by Gasteiger charge is -1.96. The first-order valence-electron chi connectivity index (χ1n) is 6.19. The number of allylic oxidation sites excluding steroid dienone is 6. The molecule has 1 aromatic rings. The monoisotopic (exact) mass is 236 g/mol. The van der Waals surface area contributed by atoms with Crippen molar-refractivity contribution in [2.75, 3.05) is 0 Å². The van der Waals surface area contributed by atoms with Gasteiger partial charge in [0.2, 0.25) is 0 Å². The highest BCUT2D eigenvalue weighted by molar-refractivity contribution is 5.47. The number of hydrogen-bond acceptors (Lipinski definition) is 0. The molecule has 0 aromatic heterocycles. The molecule has 0 saturated heterocycles. The van der Waals surface area contributed by atoms with Gasteiger partial charge < -0.3 is 0 Å². The zero-order valence-electron chi connectivity index (χ0n) is 11.6. The van der Waals surface area contributed by atoms with E-state index >= 15 is 0 Å². The second kappa shape index (κ2) is 7.35. The van der Waals surface area contributed by atoms with Crippen LogP contribution in [0.25, 0.3) is 0 Å². The Labute approximate surface area is 111 Å². The zero-order chi connectivity index (χ0) is 13.4. The van der Waals surface area contributed by atoms with Gasteiger partial charge in [0, 0.05) is 11.1 Å². The molecule has 0 radical (unpaired) electrons. The third-order valence-corrected chi connectivity index (χ3v) is 2.62. The maximum absolute atomic E-state index is 3.23. The average Bonchev–Trinajstić information content (AvgIpc) is 2.39. The lowest BCUT2D eigenvalue weighted by Crippen LogP contribution is -1.79. The van der Waals surface area contributed by atoms with Crippen LogP contribution in [-0.4, -0.2) is 0 Å². The maximum Gasteiger partial charge on any atom is 0.0249 e. The van der Waals surface area contributed by atoms with Crippen LogP contribution in [0.2, 0.25) is 0 Å². The summed E-state index contributed by atoms with van der Waals surface area (Å²) in [7, 11) is 0. The molecule has 0 bridgehead atoms. The van der Waals surface area contributed by atoms with Gasteiger partial charge in [-0.2, -0.15) is 0 Å². The molecule has 0 unspecified atom stereocenters. The van der Waals surface area contributed by atoms with E-state index in [2.05, 4.69) is 50.8 Å². The largest absolute Gasteiger partial charge is 0.0847 e. The molecule has 0 amide bonds. The standard InChI is InChI=1S/C18H20/c1-5-16(4)11-13-18(15(2)3)14-12-17-9-7-6-8-10-17/h5-11,13H,1-4H3/b13-11-,16-5-. The van der Waals surface area contributed by atoms with Crippen molar-refractivity contribution in [1.82, 2.24) is 0 Å². The molecule has 18 heavy (non-hydrogen) atoms. The van der Waals surface area contributed by atoms with Gasteiger partial charge in [-0.05, 0) is 45.9 Å². The van der Waals surface area contributed by atoms with E-state index in [9.17, 15) is 0 Å². The summed E-state index contributed by atoms with van der Waals surface area (Å²) in [6, 6.07) is 10.1. The fourth-order valence-corrected chi connectivity index (χ4v) is 1.31. The molecule has 1 rings (SSSR count). The Balaban J connectivity index is 2.95. The molecule has 0 aliphatic heterocycles. The first-order chi connectivity index (χ1) is 8.63. The van der Waals surface area contributed by atoms with Gasteiger partial charge in [0.05, 0.1) is 0 Å². The Bertz CT molecular complexity index is 524. The Morgan fingerprint density at radius 2 is 1.67 bits per heavy atom.